The molecule has 0 aliphatic heterocycles. The summed E-state index contributed by atoms with van der Waals surface area (Å²) in [6.45, 7) is 5.19. The number of hydrogen-bond donors (Lipinski definition) is 1. The zero-order valence-corrected chi connectivity index (χ0v) is 22.1. The van der Waals surface area contributed by atoms with Crippen molar-refractivity contribution in [2.24, 2.45) is 4.36 Å². The predicted molar refractivity (Wildman–Crippen MR) is 128 cm³/mol. The molecule has 0 saturated heterocycles. The molecule has 3 rings (SSSR count). The van der Waals surface area contributed by atoms with E-state index in [2.05, 4.69) is 29.7 Å². The summed E-state index contributed by atoms with van der Waals surface area (Å²) in [5.41, 5.74) is -4.08. The number of aromatic nitrogens is 5. The molecule has 1 aromatic carbocycles. The molecule has 1 N–H and O–H groups in total. The third-order valence-corrected chi connectivity index (χ3v) is 7.41. The van der Waals surface area contributed by atoms with Crippen LogP contribution in [0.1, 0.15) is 53.0 Å². The van der Waals surface area contributed by atoms with Crippen LogP contribution in [0.15, 0.2) is 35.0 Å². The second-order valence-electron chi connectivity index (χ2n) is 8.45. The summed E-state index contributed by atoms with van der Waals surface area (Å²) in [4.78, 5) is 25.1. The molecule has 10 nitrogen and oxygen atoms in total. The number of rotatable bonds is 7. The van der Waals surface area contributed by atoms with Gasteiger partial charge in [0, 0.05) is 31.5 Å². The van der Waals surface area contributed by atoms with Gasteiger partial charge in [0.2, 0.25) is 0 Å². The molecule has 0 spiro atoms. The van der Waals surface area contributed by atoms with Crippen molar-refractivity contribution < 1.29 is 35.3 Å². The number of carbonyl (C=O) groups excluding carboxylic acids is 1. The number of nitrogens with zero attached hydrogens (tertiary/aromatic N) is 7. The standard InChI is InChI=1S/C22H24F6N8O2S/c1-6-35(4)39(5,38)34-17-10-18(30-11-29-17)36-19(32-13(3)33-36)12(2)31-20(37)14-7-15(21(23,24)25)9-16(8-14)22(26,27)28/h7-12H,6H2,1-5H3,(H,31,37)/t12-,39?/m0/s1. The topological polar surface area (TPSA) is 118 Å². The van der Waals surface area contributed by atoms with Crippen molar-refractivity contribution >= 4 is 21.6 Å². The highest BCUT2D eigenvalue weighted by Crippen LogP contribution is 2.36. The fraction of sp³-hybridized carbons (Fsp3) is 0.409. The molecular weight excluding hydrogens is 554 g/mol. The Morgan fingerprint density at radius 1 is 1.10 bits per heavy atom. The Labute approximate surface area is 219 Å². The van der Waals surface area contributed by atoms with Gasteiger partial charge in [-0.15, -0.1) is 5.10 Å². The average molecular weight is 579 g/mol. The van der Waals surface area contributed by atoms with Crippen LogP contribution in [-0.4, -0.2) is 59.0 Å². The molecule has 212 valence electrons. The van der Waals surface area contributed by atoms with Gasteiger partial charge in [-0.3, -0.25) is 4.79 Å². The molecule has 3 aromatic rings. The highest BCUT2D eigenvalue weighted by Gasteiger charge is 2.37. The molecule has 0 aliphatic carbocycles. The maximum Gasteiger partial charge on any atom is 0.416 e. The minimum Gasteiger partial charge on any atom is -0.342 e. The third kappa shape index (κ3) is 7.08. The quantitative estimate of drug-likeness (QED) is 0.413. The molecule has 1 amide bonds. The lowest BCUT2D eigenvalue weighted by molar-refractivity contribution is -0.143. The lowest BCUT2D eigenvalue weighted by Crippen LogP contribution is -2.29. The van der Waals surface area contributed by atoms with Crippen molar-refractivity contribution in [3.8, 4) is 5.82 Å². The monoisotopic (exact) mass is 578 g/mol. The Morgan fingerprint density at radius 2 is 1.69 bits per heavy atom. The van der Waals surface area contributed by atoms with Crippen LogP contribution in [0.3, 0.4) is 0 Å². The Hall–Kier alpha value is -3.60. The van der Waals surface area contributed by atoms with Gasteiger partial charge in [0.25, 0.3) is 5.91 Å². The lowest BCUT2D eigenvalue weighted by atomic mass is 10.0. The van der Waals surface area contributed by atoms with Crippen LogP contribution >= 0.6 is 0 Å². The first-order valence-electron chi connectivity index (χ1n) is 11.2. The maximum atomic E-state index is 13.2. The Morgan fingerprint density at radius 3 is 2.23 bits per heavy atom. The molecule has 2 aromatic heterocycles. The zero-order valence-electron chi connectivity index (χ0n) is 21.3. The highest BCUT2D eigenvalue weighted by atomic mass is 32.2. The van der Waals surface area contributed by atoms with E-state index in [-0.39, 0.29) is 29.4 Å². The molecule has 17 heteroatoms. The molecule has 0 aliphatic rings. The van der Waals surface area contributed by atoms with E-state index in [1.807, 2.05) is 0 Å². The van der Waals surface area contributed by atoms with Crippen LogP contribution in [0.2, 0.25) is 0 Å². The van der Waals surface area contributed by atoms with E-state index in [0.717, 1.165) is 6.33 Å². The molecule has 39 heavy (non-hydrogen) atoms. The second-order valence-corrected chi connectivity index (χ2v) is 10.8. The number of hydrogen-bond acceptors (Lipinski definition) is 7. The molecule has 1 unspecified atom stereocenters. The largest absolute Gasteiger partial charge is 0.416 e. The van der Waals surface area contributed by atoms with Crippen molar-refractivity contribution in [3.05, 3.63) is 58.9 Å². The summed E-state index contributed by atoms with van der Waals surface area (Å²) >= 11 is 0. The summed E-state index contributed by atoms with van der Waals surface area (Å²) in [6, 6.07) is 0.924. The van der Waals surface area contributed by atoms with Crippen molar-refractivity contribution in [2.75, 3.05) is 19.8 Å². The zero-order chi connectivity index (χ0) is 29.3. The Bertz CT molecular complexity index is 1460. The van der Waals surface area contributed by atoms with Crippen molar-refractivity contribution in [1.82, 2.24) is 34.4 Å². The molecule has 0 saturated carbocycles. The van der Waals surface area contributed by atoms with E-state index >= 15 is 0 Å². The third-order valence-electron chi connectivity index (χ3n) is 5.46. The van der Waals surface area contributed by atoms with Crippen LogP contribution in [0.5, 0.6) is 0 Å². The number of halogens is 6. The van der Waals surface area contributed by atoms with Gasteiger partial charge in [-0.05, 0) is 32.0 Å². The van der Waals surface area contributed by atoms with Gasteiger partial charge in [-0.2, -0.15) is 35.4 Å². The van der Waals surface area contributed by atoms with E-state index in [4.69, 9.17) is 0 Å². The van der Waals surface area contributed by atoms with Crippen LogP contribution < -0.4 is 5.32 Å². The molecular formula is C22H24F6N8O2S. The first-order chi connectivity index (χ1) is 17.9. The molecule has 0 bridgehead atoms. The molecule has 0 fully saturated rings. The summed E-state index contributed by atoms with van der Waals surface area (Å²) < 4.78 is 99.0. The molecule has 0 radical (unpaired) electrons. The van der Waals surface area contributed by atoms with Gasteiger partial charge in [0.05, 0.1) is 17.2 Å². The molecule has 2 heterocycles. The van der Waals surface area contributed by atoms with Crippen LogP contribution in [-0.2, 0) is 22.3 Å². The Balaban J connectivity index is 1.97. The van der Waals surface area contributed by atoms with Gasteiger partial charge in [-0.25, -0.2) is 23.5 Å². The number of nitrogens with one attached hydrogen (secondary N) is 1. The average Bonchev–Trinajstić information content (AvgIpc) is 3.23. The van der Waals surface area contributed by atoms with E-state index in [1.165, 1.54) is 35.2 Å². The van der Waals surface area contributed by atoms with Gasteiger partial charge >= 0.3 is 12.4 Å². The highest BCUT2D eigenvalue weighted by molar-refractivity contribution is 7.90. The summed E-state index contributed by atoms with van der Waals surface area (Å²) in [7, 11) is -1.18. The fourth-order valence-corrected chi connectivity index (χ4v) is 4.36. The van der Waals surface area contributed by atoms with E-state index < -0.39 is 50.9 Å². The molecule has 2 atom stereocenters. The van der Waals surface area contributed by atoms with Gasteiger partial charge in [0.15, 0.2) is 17.5 Å². The van der Waals surface area contributed by atoms with E-state index in [0.29, 0.717) is 18.7 Å². The predicted octanol–water partition coefficient (Wildman–Crippen LogP) is 4.49. The first-order valence-corrected chi connectivity index (χ1v) is 13.1. The van der Waals surface area contributed by atoms with E-state index in [9.17, 15) is 35.3 Å². The lowest BCUT2D eigenvalue weighted by Gasteiger charge is -2.17. The number of carbonyl (C=O) groups is 1. The number of amides is 1. The Kier molecular flexibility index (Phi) is 8.35. The van der Waals surface area contributed by atoms with Gasteiger partial charge in [-0.1, -0.05) is 6.92 Å². The first kappa shape index (κ1) is 29.9. The minimum atomic E-state index is -5.11. The fourth-order valence-electron chi connectivity index (χ4n) is 3.30. The van der Waals surface area contributed by atoms with Gasteiger partial charge < -0.3 is 5.32 Å². The van der Waals surface area contributed by atoms with Gasteiger partial charge in [0.1, 0.15) is 22.1 Å². The van der Waals surface area contributed by atoms with E-state index in [1.54, 1.807) is 14.0 Å². The van der Waals surface area contributed by atoms with Crippen LogP contribution in [0, 0.1) is 6.92 Å². The number of alkyl halides is 6. The van der Waals surface area contributed by atoms with Crippen molar-refractivity contribution in [3.63, 3.8) is 0 Å². The SMILES string of the molecule is CCN(C)S(C)(=O)=Nc1cc(-n2nc(C)nc2[C@H](C)NC(=O)c2cc(C(F)(F)F)cc(C(F)(F)F)c2)ncn1. The van der Waals surface area contributed by atoms with Crippen LogP contribution in [0.4, 0.5) is 32.2 Å². The summed E-state index contributed by atoms with van der Waals surface area (Å²) in [5, 5.41) is 6.56. The smallest absolute Gasteiger partial charge is 0.342 e. The minimum absolute atomic E-state index is 0.0623. The van der Waals surface area contributed by atoms with Crippen molar-refractivity contribution in [1.29, 1.82) is 0 Å². The second kappa shape index (κ2) is 10.9. The summed E-state index contributed by atoms with van der Waals surface area (Å²) in [5.74, 6) is -0.721. The number of aryl methyl sites for hydroxylation is 1. The van der Waals surface area contributed by atoms with Crippen LogP contribution in [0.25, 0.3) is 5.82 Å². The van der Waals surface area contributed by atoms with Crippen molar-refractivity contribution in [2.45, 2.75) is 39.2 Å². The maximum absolute atomic E-state index is 13.2. The number of benzene rings is 1. The summed E-state index contributed by atoms with van der Waals surface area (Å²) in [6.07, 6.45) is -7.65. The normalized spacial score (nSPS) is 14.7.